The quantitative estimate of drug-likeness (QED) is 0.607. The van der Waals surface area contributed by atoms with Crippen LogP contribution in [0, 0.1) is 12.7 Å². The number of rotatable bonds is 2. The zero-order valence-electron chi connectivity index (χ0n) is 11.9. The Morgan fingerprint density at radius 1 is 1.16 bits per heavy atom. The Balaban J connectivity index is 2.47. The van der Waals surface area contributed by atoms with E-state index in [1.54, 1.807) is 13.0 Å². The van der Waals surface area contributed by atoms with Gasteiger partial charge in [0, 0.05) is 5.56 Å². The molecular weight excluding hydrogens is 246 g/mol. The SMILES string of the molecule is Cc1cc(F)c(C=O)c(B2OC(C)(C)C(C)(C)O2)c1. The zero-order valence-corrected chi connectivity index (χ0v) is 11.9. The highest BCUT2D eigenvalue weighted by molar-refractivity contribution is 6.63. The van der Waals surface area contributed by atoms with E-state index in [4.69, 9.17) is 9.31 Å². The predicted octanol–water partition coefficient (Wildman–Crippen LogP) is 2.25. The summed E-state index contributed by atoms with van der Waals surface area (Å²) in [5, 5.41) is 0. The van der Waals surface area contributed by atoms with E-state index in [1.807, 2.05) is 27.7 Å². The Labute approximate surface area is 113 Å². The maximum absolute atomic E-state index is 13.8. The minimum Gasteiger partial charge on any atom is -0.399 e. The second kappa shape index (κ2) is 4.42. The highest BCUT2D eigenvalue weighted by atomic mass is 19.1. The lowest BCUT2D eigenvalue weighted by Gasteiger charge is -2.32. The van der Waals surface area contributed by atoms with Crippen LogP contribution in [-0.2, 0) is 9.31 Å². The van der Waals surface area contributed by atoms with Crippen LogP contribution in [0.15, 0.2) is 12.1 Å². The molecule has 1 aromatic carbocycles. The van der Waals surface area contributed by atoms with E-state index in [-0.39, 0.29) is 5.56 Å². The molecule has 0 unspecified atom stereocenters. The summed E-state index contributed by atoms with van der Waals surface area (Å²) in [7, 11) is -0.723. The fourth-order valence-corrected chi connectivity index (χ4v) is 2.07. The van der Waals surface area contributed by atoms with E-state index in [2.05, 4.69) is 0 Å². The van der Waals surface area contributed by atoms with Crippen molar-refractivity contribution in [1.82, 2.24) is 0 Å². The molecule has 0 aromatic heterocycles. The predicted molar refractivity (Wildman–Crippen MR) is 72.2 cm³/mol. The third-order valence-electron chi connectivity index (χ3n) is 3.93. The fraction of sp³-hybridized carbons (Fsp3) is 0.500. The lowest BCUT2D eigenvalue weighted by Crippen LogP contribution is -2.41. The van der Waals surface area contributed by atoms with Crippen molar-refractivity contribution in [3.05, 3.63) is 29.1 Å². The lowest BCUT2D eigenvalue weighted by atomic mass is 9.75. The molecule has 2 rings (SSSR count). The van der Waals surface area contributed by atoms with Gasteiger partial charge in [0.25, 0.3) is 0 Å². The van der Waals surface area contributed by atoms with Gasteiger partial charge in [-0.2, -0.15) is 0 Å². The van der Waals surface area contributed by atoms with Gasteiger partial charge >= 0.3 is 7.12 Å². The Bertz CT molecular complexity index is 510. The summed E-state index contributed by atoms with van der Waals surface area (Å²) in [5.41, 5.74) is 0.152. The van der Waals surface area contributed by atoms with Crippen LogP contribution in [0.5, 0.6) is 0 Å². The van der Waals surface area contributed by atoms with Crippen molar-refractivity contribution in [3.8, 4) is 0 Å². The molecule has 0 saturated carbocycles. The van der Waals surface area contributed by atoms with Crippen LogP contribution in [0.25, 0.3) is 0 Å². The van der Waals surface area contributed by atoms with E-state index < -0.39 is 24.1 Å². The van der Waals surface area contributed by atoms with E-state index in [1.165, 1.54) is 6.07 Å². The summed E-state index contributed by atoms with van der Waals surface area (Å²) in [4.78, 5) is 11.1. The van der Waals surface area contributed by atoms with Crippen molar-refractivity contribution < 1.29 is 18.5 Å². The smallest absolute Gasteiger partial charge is 0.399 e. The maximum Gasteiger partial charge on any atom is 0.495 e. The van der Waals surface area contributed by atoms with Crippen molar-refractivity contribution in [3.63, 3.8) is 0 Å². The largest absolute Gasteiger partial charge is 0.495 e. The molecule has 102 valence electrons. The summed E-state index contributed by atoms with van der Waals surface area (Å²) in [6.07, 6.45) is 0.509. The van der Waals surface area contributed by atoms with Crippen molar-refractivity contribution >= 4 is 18.9 Å². The molecule has 3 nitrogen and oxygen atoms in total. The van der Waals surface area contributed by atoms with Gasteiger partial charge in [-0.3, -0.25) is 4.79 Å². The minimum absolute atomic E-state index is 0.00380. The Morgan fingerprint density at radius 3 is 2.16 bits per heavy atom. The summed E-state index contributed by atoms with van der Waals surface area (Å²) in [6, 6.07) is 3.06. The molecule has 0 N–H and O–H groups in total. The van der Waals surface area contributed by atoms with Gasteiger partial charge in [-0.05, 0) is 51.7 Å². The van der Waals surface area contributed by atoms with Gasteiger partial charge in [0.2, 0.25) is 0 Å². The second-order valence-corrected chi connectivity index (χ2v) is 5.96. The highest BCUT2D eigenvalue weighted by Crippen LogP contribution is 2.36. The first-order valence-electron chi connectivity index (χ1n) is 6.29. The molecule has 19 heavy (non-hydrogen) atoms. The third kappa shape index (κ3) is 2.32. The van der Waals surface area contributed by atoms with Crippen LogP contribution in [-0.4, -0.2) is 24.6 Å². The summed E-state index contributed by atoms with van der Waals surface area (Å²) in [6.45, 7) is 9.44. The van der Waals surface area contributed by atoms with E-state index in [9.17, 15) is 9.18 Å². The molecule has 0 bridgehead atoms. The number of carbonyl (C=O) groups excluding carboxylic acids is 1. The van der Waals surface area contributed by atoms with Crippen molar-refractivity contribution in [1.29, 1.82) is 0 Å². The maximum atomic E-state index is 13.8. The van der Waals surface area contributed by atoms with Gasteiger partial charge in [-0.25, -0.2) is 4.39 Å². The molecule has 1 fully saturated rings. The summed E-state index contributed by atoms with van der Waals surface area (Å²) < 4.78 is 25.5. The van der Waals surface area contributed by atoms with Gasteiger partial charge in [-0.1, -0.05) is 6.07 Å². The lowest BCUT2D eigenvalue weighted by molar-refractivity contribution is 0.00578. The van der Waals surface area contributed by atoms with Gasteiger partial charge < -0.3 is 9.31 Å². The number of hydrogen-bond donors (Lipinski definition) is 0. The molecule has 1 aromatic rings. The van der Waals surface area contributed by atoms with Crippen LogP contribution >= 0.6 is 0 Å². The average molecular weight is 264 g/mol. The molecule has 0 aliphatic carbocycles. The molecule has 1 aliphatic heterocycles. The normalized spacial score (nSPS) is 20.6. The first kappa shape index (κ1) is 14.2. The molecule has 1 saturated heterocycles. The van der Waals surface area contributed by atoms with Gasteiger partial charge in [0.1, 0.15) is 5.82 Å². The van der Waals surface area contributed by atoms with Crippen LogP contribution in [0.4, 0.5) is 4.39 Å². The number of hydrogen-bond acceptors (Lipinski definition) is 3. The molecule has 0 atom stereocenters. The first-order valence-corrected chi connectivity index (χ1v) is 6.29. The topological polar surface area (TPSA) is 35.5 Å². The van der Waals surface area contributed by atoms with E-state index in [0.717, 1.165) is 5.56 Å². The third-order valence-corrected chi connectivity index (χ3v) is 3.93. The zero-order chi connectivity index (χ0) is 14.4. The van der Waals surface area contributed by atoms with E-state index in [0.29, 0.717) is 11.7 Å². The van der Waals surface area contributed by atoms with Crippen molar-refractivity contribution in [2.75, 3.05) is 0 Å². The summed E-state index contributed by atoms with van der Waals surface area (Å²) >= 11 is 0. The second-order valence-electron chi connectivity index (χ2n) is 5.96. The molecule has 0 spiro atoms. The fourth-order valence-electron chi connectivity index (χ4n) is 2.07. The molecule has 5 heteroatoms. The minimum atomic E-state index is -0.723. The van der Waals surface area contributed by atoms with Gasteiger partial charge in [0.05, 0.1) is 11.2 Å². The highest BCUT2D eigenvalue weighted by Gasteiger charge is 2.52. The van der Waals surface area contributed by atoms with Crippen molar-refractivity contribution in [2.45, 2.75) is 45.8 Å². The number of aldehydes is 1. The number of benzene rings is 1. The molecule has 0 radical (unpaired) electrons. The monoisotopic (exact) mass is 264 g/mol. The van der Waals surface area contributed by atoms with Crippen LogP contribution in [0.2, 0.25) is 0 Å². The Hall–Kier alpha value is -1.20. The molecular formula is C14H18BFO3. The Morgan fingerprint density at radius 2 is 1.68 bits per heavy atom. The number of aryl methyl sites for hydroxylation is 1. The van der Waals surface area contributed by atoms with Gasteiger partial charge in [-0.15, -0.1) is 0 Å². The first-order chi connectivity index (χ1) is 8.68. The summed E-state index contributed by atoms with van der Waals surface area (Å²) in [5.74, 6) is -0.542. The molecule has 1 heterocycles. The number of carbonyl (C=O) groups is 1. The Kier molecular flexibility index (Phi) is 3.31. The van der Waals surface area contributed by atoms with Gasteiger partial charge in [0.15, 0.2) is 6.29 Å². The van der Waals surface area contributed by atoms with Crippen molar-refractivity contribution in [2.24, 2.45) is 0 Å². The van der Waals surface area contributed by atoms with Crippen LogP contribution < -0.4 is 5.46 Å². The van der Waals surface area contributed by atoms with Crippen LogP contribution in [0.3, 0.4) is 0 Å². The van der Waals surface area contributed by atoms with Crippen LogP contribution in [0.1, 0.15) is 43.6 Å². The van der Waals surface area contributed by atoms with E-state index >= 15 is 0 Å². The number of halogens is 1. The average Bonchev–Trinajstić information content (AvgIpc) is 2.47. The molecule has 1 aliphatic rings. The molecule has 0 amide bonds. The standard InChI is InChI=1S/C14H18BFO3/c1-9-6-11(10(8-17)12(16)7-9)15-18-13(2,3)14(4,5)19-15/h6-8H,1-5H3.